The van der Waals surface area contributed by atoms with Gasteiger partial charge in [-0.1, -0.05) is 13.3 Å². The predicted molar refractivity (Wildman–Crippen MR) is 40.3 cm³/mol. The molecule has 0 aromatic carbocycles. The molecule has 0 radical (unpaired) electrons. The van der Waals surface area contributed by atoms with Crippen molar-refractivity contribution in [1.82, 2.24) is 0 Å². The maximum absolute atomic E-state index is 5.34. The molecule has 0 aromatic rings. The smallest absolute Gasteiger partial charge is 0.105 e. The van der Waals surface area contributed by atoms with Gasteiger partial charge in [0.15, 0.2) is 17.4 Å². The van der Waals surface area contributed by atoms with Crippen LogP contribution >= 0.6 is 23.2 Å². The van der Waals surface area contributed by atoms with Crippen LogP contribution in [0.25, 0.3) is 0 Å². The van der Waals surface area contributed by atoms with Crippen LogP contribution in [0.1, 0.15) is 19.8 Å². The Kier molecular flexibility index (Phi) is 11.2. The monoisotopic (exact) mass is 156 g/mol. The molecule has 0 aromatic heterocycles. The molecule has 0 nitrogen and oxygen atoms in total. The van der Waals surface area contributed by atoms with Crippen LogP contribution < -0.4 is 0 Å². The Labute approximate surface area is 65.3 Å². The maximum Gasteiger partial charge on any atom is 0.187 e. The van der Waals surface area contributed by atoms with Crippen molar-refractivity contribution in [2.24, 2.45) is 0 Å². The molecule has 0 unspecified atom stereocenters. The van der Waals surface area contributed by atoms with Crippen LogP contribution in [0, 0.1) is 0 Å². The fraction of sp³-hybridized carbons (Fsp3) is 1.00. The molecule has 7 heavy (non-hydrogen) atoms. The topological polar surface area (TPSA) is 0 Å². The summed E-state index contributed by atoms with van der Waals surface area (Å²) in [5, 5.41) is 0. The minimum absolute atomic E-state index is 0. The lowest BCUT2D eigenvalue weighted by Gasteiger charge is -1.90. The fourth-order valence-electron chi connectivity index (χ4n) is 0.218. The highest BCUT2D eigenvalue weighted by atomic mass is 35.5. The van der Waals surface area contributed by atoms with Crippen LogP contribution in [0.3, 0.4) is 0 Å². The number of alkyl halides is 2. The quantitative estimate of drug-likeness (QED) is 0.419. The Morgan fingerprint density at radius 2 is 1.86 bits per heavy atom. The Morgan fingerprint density at radius 1 is 1.43 bits per heavy atom. The van der Waals surface area contributed by atoms with Crippen molar-refractivity contribution in [2.45, 2.75) is 24.6 Å². The van der Waals surface area contributed by atoms with Gasteiger partial charge in [0.1, 0.15) is 4.84 Å². The summed E-state index contributed by atoms with van der Waals surface area (Å²) in [6.07, 6.45) is 1.97. The Hall–Kier alpha value is 1.11. The molecular formula is C4H11AlCl2. The van der Waals surface area contributed by atoms with E-state index in [1.165, 1.54) is 0 Å². The van der Waals surface area contributed by atoms with E-state index in [4.69, 9.17) is 23.2 Å². The van der Waals surface area contributed by atoms with Gasteiger partial charge in [0, 0.05) is 0 Å². The molecule has 0 aliphatic carbocycles. The van der Waals surface area contributed by atoms with Crippen LogP contribution in [0.15, 0.2) is 0 Å². The lowest BCUT2D eigenvalue weighted by molar-refractivity contribution is 0.859. The molecule has 3 heteroatoms. The van der Waals surface area contributed by atoms with Gasteiger partial charge in [-0.15, -0.1) is 23.2 Å². The summed E-state index contributed by atoms with van der Waals surface area (Å²) in [7, 11) is 0. The number of halogens is 2. The minimum Gasteiger partial charge on any atom is -0.105 e. The van der Waals surface area contributed by atoms with Crippen molar-refractivity contribution in [3.8, 4) is 0 Å². The number of rotatable bonds is 2. The first kappa shape index (κ1) is 11.0. The Morgan fingerprint density at radius 3 is 1.86 bits per heavy atom. The van der Waals surface area contributed by atoms with Gasteiger partial charge >= 0.3 is 0 Å². The average Bonchev–Trinajstić information content (AvgIpc) is 1.35. The molecule has 0 atom stereocenters. The normalized spacial score (nSPS) is 8.57. The first-order chi connectivity index (χ1) is 2.77. The zero-order valence-electron chi connectivity index (χ0n) is 3.75. The maximum atomic E-state index is 5.34. The highest BCUT2D eigenvalue weighted by Crippen LogP contribution is 2.07. The van der Waals surface area contributed by atoms with Crippen molar-refractivity contribution in [3.63, 3.8) is 0 Å². The van der Waals surface area contributed by atoms with E-state index < -0.39 is 0 Å². The molecule has 0 saturated carbocycles. The lowest BCUT2D eigenvalue weighted by atomic mass is 10.4. The first-order valence-corrected chi connectivity index (χ1v) is 2.92. The number of hydrogen-bond donors (Lipinski definition) is 0. The van der Waals surface area contributed by atoms with Gasteiger partial charge < -0.3 is 0 Å². The molecule has 0 aliphatic heterocycles. The Balaban J connectivity index is 0. The highest BCUT2D eigenvalue weighted by molar-refractivity contribution is 6.44. The summed E-state index contributed by atoms with van der Waals surface area (Å²) < 4.78 is 0. The Bertz CT molecular complexity index is 30.9. The van der Waals surface area contributed by atoms with E-state index in [0.29, 0.717) is 0 Å². The van der Waals surface area contributed by atoms with Gasteiger partial charge in [-0.05, 0) is 6.42 Å². The summed E-state index contributed by atoms with van der Waals surface area (Å²) in [4.78, 5) is -0.157. The van der Waals surface area contributed by atoms with E-state index in [9.17, 15) is 0 Å². The van der Waals surface area contributed by atoms with Gasteiger partial charge in [0.2, 0.25) is 0 Å². The molecule has 0 fully saturated rings. The summed E-state index contributed by atoms with van der Waals surface area (Å²) in [5.41, 5.74) is 0. The summed E-state index contributed by atoms with van der Waals surface area (Å²) in [6, 6.07) is 0. The second-order valence-corrected chi connectivity index (χ2v) is 2.46. The second-order valence-electron chi connectivity index (χ2n) is 1.18. The van der Waals surface area contributed by atoms with E-state index in [1.807, 2.05) is 0 Å². The first-order valence-electron chi connectivity index (χ1n) is 2.05. The molecule has 0 heterocycles. The van der Waals surface area contributed by atoms with Crippen molar-refractivity contribution in [1.29, 1.82) is 0 Å². The summed E-state index contributed by atoms with van der Waals surface area (Å²) >= 11 is 10.7. The molecular weight excluding hydrogens is 146 g/mol. The van der Waals surface area contributed by atoms with Gasteiger partial charge in [-0.3, -0.25) is 0 Å². The van der Waals surface area contributed by atoms with Crippen LogP contribution in [0.4, 0.5) is 0 Å². The van der Waals surface area contributed by atoms with Gasteiger partial charge in [0.25, 0.3) is 0 Å². The van der Waals surface area contributed by atoms with E-state index in [-0.39, 0.29) is 22.2 Å². The van der Waals surface area contributed by atoms with Crippen molar-refractivity contribution < 1.29 is 0 Å². The molecule has 0 aliphatic rings. The predicted octanol–water partition coefficient (Wildman–Crippen LogP) is 1.41. The summed E-state index contributed by atoms with van der Waals surface area (Å²) in [5.74, 6) is 0. The van der Waals surface area contributed by atoms with E-state index in [1.54, 1.807) is 0 Å². The molecule has 0 spiro atoms. The standard InChI is InChI=1S/C4H8Cl2.Al.3H/c1-2-3-4(5)6;;;;/h4H,2-3H2,1H3;;;;. The van der Waals surface area contributed by atoms with E-state index in [2.05, 4.69) is 6.92 Å². The molecule has 0 amide bonds. The van der Waals surface area contributed by atoms with Crippen LogP contribution in [0.2, 0.25) is 0 Å². The second kappa shape index (κ2) is 7.11. The molecule has 0 saturated heterocycles. The third-order valence-corrected chi connectivity index (χ3v) is 0.943. The molecule has 0 N–H and O–H groups in total. The van der Waals surface area contributed by atoms with Gasteiger partial charge in [-0.25, -0.2) is 0 Å². The van der Waals surface area contributed by atoms with Crippen molar-refractivity contribution >= 4 is 40.6 Å². The van der Waals surface area contributed by atoms with Gasteiger partial charge in [-0.2, -0.15) is 0 Å². The minimum atomic E-state index is -0.157. The third kappa shape index (κ3) is 11.0. The van der Waals surface area contributed by atoms with Crippen molar-refractivity contribution in [3.05, 3.63) is 0 Å². The largest absolute Gasteiger partial charge is 0.187 e. The van der Waals surface area contributed by atoms with Gasteiger partial charge in [0.05, 0.1) is 0 Å². The number of hydrogen-bond acceptors (Lipinski definition) is 0. The van der Waals surface area contributed by atoms with E-state index in [0.717, 1.165) is 12.8 Å². The highest BCUT2D eigenvalue weighted by Gasteiger charge is 1.91. The van der Waals surface area contributed by atoms with E-state index >= 15 is 0 Å². The zero-order valence-corrected chi connectivity index (χ0v) is 5.26. The van der Waals surface area contributed by atoms with Crippen LogP contribution in [-0.4, -0.2) is 22.2 Å². The SMILES string of the molecule is CCCC(Cl)Cl.[AlH3]. The molecule has 44 valence electrons. The van der Waals surface area contributed by atoms with Crippen LogP contribution in [-0.2, 0) is 0 Å². The third-order valence-electron chi connectivity index (χ3n) is 0.507. The van der Waals surface area contributed by atoms with Crippen LogP contribution in [0.5, 0.6) is 0 Å². The molecule has 0 rings (SSSR count). The molecule has 0 bridgehead atoms. The summed E-state index contributed by atoms with van der Waals surface area (Å²) in [6.45, 7) is 2.05. The average molecular weight is 157 g/mol. The fourth-order valence-corrected chi connectivity index (χ4v) is 0.655. The van der Waals surface area contributed by atoms with Crippen molar-refractivity contribution in [2.75, 3.05) is 0 Å². The zero-order chi connectivity index (χ0) is 4.99. The lowest BCUT2D eigenvalue weighted by Crippen LogP contribution is -1.80.